The molecule has 1 amide bonds. The molecule has 0 atom stereocenters. The lowest BCUT2D eigenvalue weighted by Crippen LogP contribution is -2.22. The Morgan fingerprint density at radius 3 is 3.04 bits per heavy atom. The van der Waals surface area contributed by atoms with Gasteiger partial charge in [0, 0.05) is 38.0 Å². The molecular formula is C19H18N6O2S. The smallest absolute Gasteiger partial charge is 0.226 e. The highest BCUT2D eigenvalue weighted by molar-refractivity contribution is 7.13. The van der Waals surface area contributed by atoms with Crippen LogP contribution in [0.4, 0.5) is 0 Å². The maximum Gasteiger partial charge on any atom is 0.226 e. The Kier molecular flexibility index (Phi) is 5.53. The second-order valence-electron chi connectivity index (χ2n) is 6.09. The van der Waals surface area contributed by atoms with Gasteiger partial charge in [-0.3, -0.25) is 4.79 Å². The lowest BCUT2D eigenvalue weighted by Gasteiger charge is -2.06. The van der Waals surface area contributed by atoms with Crippen LogP contribution in [0.15, 0.2) is 58.8 Å². The molecule has 0 aliphatic heterocycles. The first-order chi connectivity index (χ1) is 13.8. The minimum Gasteiger partial charge on any atom is -0.352 e. The minimum atomic E-state index is -0.0181. The van der Waals surface area contributed by atoms with Gasteiger partial charge in [-0.25, -0.2) is 9.67 Å². The predicted molar refractivity (Wildman–Crippen MR) is 104 cm³/mol. The monoisotopic (exact) mass is 394 g/mol. The average molecular weight is 394 g/mol. The second-order valence-corrected chi connectivity index (χ2v) is 7.04. The highest BCUT2D eigenvalue weighted by Gasteiger charge is 2.10. The quantitative estimate of drug-likeness (QED) is 0.493. The van der Waals surface area contributed by atoms with E-state index in [2.05, 4.69) is 25.5 Å². The van der Waals surface area contributed by atoms with Crippen molar-refractivity contribution < 1.29 is 9.32 Å². The third-order valence-electron chi connectivity index (χ3n) is 4.04. The van der Waals surface area contributed by atoms with E-state index in [0.29, 0.717) is 37.5 Å². The first-order valence-corrected chi connectivity index (χ1v) is 9.74. The van der Waals surface area contributed by atoms with E-state index in [-0.39, 0.29) is 5.91 Å². The molecule has 4 heterocycles. The Bertz CT molecular complexity index is 1030. The van der Waals surface area contributed by atoms with Crippen LogP contribution >= 0.6 is 11.3 Å². The van der Waals surface area contributed by atoms with E-state index in [1.807, 2.05) is 41.9 Å². The normalized spacial score (nSPS) is 10.9. The molecule has 142 valence electrons. The van der Waals surface area contributed by atoms with Crippen LogP contribution in [0.25, 0.3) is 16.5 Å². The Morgan fingerprint density at radius 2 is 2.21 bits per heavy atom. The maximum absolute atomic E-state index is 12.1. The van der Waals surface area contributed by atoms with E-state index in [0.717, 1.165) is 16.3 Å². The third kappa shape index (κ3) is 4.49. The van der Waals surface area contributed by atoms with Crippen LogP contribution < -0.4 is 5.32 Å². The Labute approximate surface area is 165 Å². The molecule has 0 saturated heterocycles. The van der Waals surface area contributed by atoms with Gasteiger partial charge < -0.3 is 9.84 Å². The number of amides is 1. The SMILES string of the molecule is O=C(CCCc1nc(-c2cccs2)no1)NCc1ccnc(-n2cccn2)c1. The van der Waals surface area contributed by atoms with Crippen molar-refractivity contribution >= 4 is 17.2 Å². The van der Waals surface area contributed by atoms with Gasteiger partial charge in [-0.2, -0.15) is 10.1 Å². The van der Waals surface area contributed by atoms with Crippen LogP contribution in [-0.2, 0) is 17.8 Å². The van der Waals surface area contributed by atoms with Gasteiger partial charge in [0.2, 0.25) is 17.6 Å². The van der Waals surface area contributed by atoms with Gasteiger partial charge in [0.1, 0.15) is 0 Å². The molecule has 8 nitrogen and oxygen atoms in total. The zero-order chi connectivity index (χ0) is 19.2. The van der Waals surface area contributed by atoms with E-state index in [1.165, 1.54) is 0 Å². The molecule has 4 rings (SSSR count). The largest absolute Gasteiger partial charge is 0.352 e. The zero-order valence-corrected chi connectivity index (χ0v) is 15.8. The van der Waals surface area contributed by atoms with Crippen molar-refractivity contribution in [3.8, 4) is 16.5 Å². The Morgan fingerprint density at radius 1 is 1.25 bits per heavy atom. The number of aryl methyl sites for hydroxylation is 1. The number of hydrogen-bond acceptors (Lipinski definition) is 7. The number of thiophene rings is 1. The van der Waals surface area contributed by atoms with Crippen LogP contribution in [0.5, 0.6) is 0 Å². The van der Waals surface area contributed by atoms with Gasteiger partial charge in [0.05, 0.1) is 4.88 Å². The molecule has 0 saturated carbocycles. The van der Waals surface area contributed by atoms with Crippen molar-refractivity contribution in [2.24, 2.45) is 0 Å². The van der Waals surface area contributed by atoms with Crippen molar-refractivity contribution in [1.82, 2.24) is 30.2 Å². The molecule has 9 heteroatoms. The summed E-state index contributed by atoms with van der Waals surface area (Å²) in [5.41, 5.74) is 0.964. The molecule has 0 bridgehead atoms. The summed E-state index contributed by atoms with van der Waals surface area (Å²) in [5, 5.41) is 13.0. The first-order valence-electron chi connectivity index (χ1n) is 8.86. The van der Waals surface area contributed by atoms with Gasteiger partial charge in [0.25, 0.3) is 0 Å². The lowest BCUT2D eigenvalue weighted by atomic mass is 10.2. The number of carbonyl (C=O) groups is 1. The molecule has 1 N–H and O–H groups in total. The van der Waals surface area contributed by atoms with E-state index >= 15 is 0 Å². The first kappa shape index (κ1) is 18.1. The number of carbonyl (C=O) groups excluding carboxylic acids is 1. The summed E-state index contributed by atoms with van der Waals surface area (Å²) < 4.78 is 6.93. The molecule has 0 aromatic carbocycles. The third-order valence-corrected chi connectivity index (χ3v) is 4.91. The fraction of sp³-hybridized carbons (Fsp3) is 0.211. The van der Waals surface area contributed by atoms with Gasteiger partial charge in [-0.05, 0) is 41.6 Å². The molecule has 0 radical (unpaired) electrons. The number of hydrogen-bond donors (Lipinski definition) is 1. The van der Waals surface area contributed by atoms with Crippen molar-refractivity contribution in [1.29, 1.82) is 0 Å². The fourth-order valence-electron chi connectivity index (χ4n) is 2.65. The lowest BCUT2D eigenvalue weighted by molar-refractivity contribution is -0.121. The average Bonchev–Trinajstić information content (AvgIpc) is 3.49. The van der Waals surface area contributed by atoms with E-state index in [4.69, 9.17) is 4.52 Å². The summed E-state index contributed by atoms with van der Waals surface area (Å²) in [7, 11) is 0. The van der Waals surface area contributed by atoms with Crippen molar-refractivity contribution in [2.75, 3.05) is 0 Å². The number of rotatable bonds is 8. The van der Waals surface area contributed by atoms with E-state index in [1.54, 1.807) is 28.4 Å². The van der Waals surface area contributed by atoms with Crippen molar-refractivity contribution in [3.05, 3.63) is 65.8 Å². The van der Waals surface area contributed by atoms with Gasteiger partial charge in [0.15, 0.2) is 5.82 Å². The topological polar surface area (TPSA) is 98.7 Å². The molecule has 0 unspecified atom stereocenters. The van der Waals surface area contributed by atoms with Crippen LogP contribution in [0.3, 0.4) is 0 Å². The number of aromatic nitrogens is 5. The summed E-state index contributed by atoms with van der Waals surface area (Å²) in [4.78, 5) is 21.7. The van der Waals surface area contributed by atoms with Gasteiger partial charge in [-0.15, -0.1) is 11.3 Å². The number of nitrogens with zero attached hydrogens (tertiary/aromatic N) is 5. The van der Waals surface area contributed by atoms with Crippen molar-refractivity contribution in [2.45, 2.75) is 25.8 Å². The zero-order valence-electron chi connectivity index (χ0n) is 15.0. The highest BCUT2D eigenvalue weighted by Crippen LogP contribution is 2.21. The standard InChI is InChI=1S/C19H18N6O2S/c26-17(5-1-6-18-23-19(24-27-18)15-4-2-11-28-15)21-13-14-7-9-20-16(12-14)25-10-3-8-22-25/h2-4,7-12H,1,5-6,13H2,(H,21,26). The van der Waals surface area contributed by atoms with E-state index < -0.39 is 0 Å². The van der Waals surface area contributed by atoms with Crippen molar-refractivity contribution in [3.63, 3.8) is 0 Å². The molecule has 0 aliphatic rings. The Hall–Kier alpha value is -3.33. The van der Waals surface area contributed by atoms with E-state index in [9.17, 15) is 4.79 Å². The summed E-state index contributed by atoms with van der Waals surface area (Å²) >= 11 is 1.56. The number of nitrogens with one attached hydrogen (secondary N) is 1. The van der Waals surface area contributed by atoms with Gasteiger partial charge >= 0.3 is 0 Å². The summed E-state index contributed by atoms with van der Waals surface area (Å²) in [5.74, 6) is 1.85. The molecule has 0 fully saturated rings. The second kappa shape index (κ2) is 8.57. The molecule has 4 aromatic heterocycles. The summed E-state index contributed by atoms with van der Waals surface area (Å²) in [6.07, 6.45) is 6.85. The Balaban J connectivity index is 1.23. The van der Waals surface area contributed by atoms with Gasteiger partial charge in [-0.1, -0.05) is 11.2 Å². The predicted octanol–water partition coefficient (Wildman–Crippen LogP) is 3.02. The van der Waals surface area contributed by atoms with Crippen LogP contribution in [-0.4, -0.2) is 30.8 Å². The number of pyridine rings is 1. The van der Waals surface area contributed by atoms with Crippen LogP contribution in [0, 0.1) is 0 Å². The molecule has 0 aliphatic carbocycles. The van der Waals surface area contributed by atoms with Crippen LogP contribution in [0.1, 0.15) is 24.3 Å². The fourth-order valence-corrected chi connectivity index (χ4v) is 3.30. The molecule has 4 aromatic rings. The minimum absolute atomic E-state index is 0.0181. The molecule has 28 heavy (non-hydrogen) atoms. The highest BCUT2D eigenvalue weighted by atomic mass is 32.1. The summed E-state index contributed by atoms with van der Waals surface area (Å²) in [6, 6.07) is 9.50. The summed E-state index contributed by atoms with van der Waals surface area (Å²) in [6.45, 7) is 0.443. The van der Waals surface area contributed by atoms with Crippen LogP contribution in [0.2, 0.25) is 0 Å². The molecule has 0 spiro atoms. The molecular weight excluding hydrogens is 376 g/mol. The maximum atomic E-state index is 12.1.